The molecule has 1 saturated carbocycles. The fourth-order valence-electron chi connectivity index (χ4n) is 2.61. The lowest BCUT2D eigenvalue weighted by molar-refractivity contribution is 0.0272. The second kappa shape index (κ2) is 7.27. The van der Waals surface area contributed by atoms with E-state index >= 15 is 0 Å². The number of halogens is 1. The van der Waals surface area contributed by atoms with Gasteiger partial charge in [-0.15, -0.1) is 0 Å². The molecule has 1 N–H and O–H groups in total. The van der Waals surface area contributed by atoms with Gasteiger partial charge in [0.1, 0.15) is 12.4 Å². The molecule has 4 heteroatoms. The monoisotopic (exact) mass is 327 g/mol. The molecule has 2 atom stereocenters. The van der Waals surface area contributed by atoms with Crippen molar-refractivity contribution in [3.63, 3.8) is 0 Å². The van der Waals surface area contributed by atoms with E-state index in [9.17, 15) is 5.11 Å². The Bertz CT molecular complexity index is 382. The predicted molar refractivity (Wildman–Crippen MR) is 80.5 cm³/mol. The highest BCUT2D eigenvalue weighted by Gasteiger charge is 2.26. The van der Waals surface area contributed by atoms with E-state index in [4.69, 9.17) is 4.74 Å². The number of rotatable bonds is 5. The molecule has 0 spiro atoms. The van der Waals surface area contributed by atoms with Crippen LogP contribution in [0.25, 0.3) is 0 Å². The first kappa shape index (κ1) is 14.8. The van der Waals surface area contributed by atoms with Crippen LogP contribution in [0.4, 0.5) is 0 Å². The summed E-state index contributed by atoms with van der Waals surface area (Å²) in [5, 5.41) is 10.00. The van der Waals surface area contributed by atoms with Crippen LogP contribution in [0.2, 0.25) is 0 Å². The van der Waals surface area contributed by atoms with E-state index in [0.717, 1.165) is 36.0 Å². The number of benzene rings is 1. The number of likely N-dealkylation sites (N-methyl/N-ethyl adjacent to an activating group) is 1. The molecule has 1 aromatic carbocycles. The summed E-state index contributed by atoms with van der Waals surface area (Å²) in [7, 11) is 2.07. The lowest BCUT2D eigenvalue weighted by Gasteiger charge is -2.35. The molecule has 1 aliphatic rings. The van der Waals surface area contributed by atoms with E-state index in [-0.39, 0.29) is 6.10 Å². The minimum absolute atomic E-state index is 0.175. The summed E-state index contributed by atoms with van der Waals surface area (Å²) in [6.07, 6.45) is 4.23. The Morgan fingerprint density at radius 3 is 2.63 bits per heavy atom. The second-order valence-corrected chi connectivity index (χ2v) is 6.12. The van der Waals surface area contributed by atoms with Gasteiger partial charge in [-0.3, -0.25) is 4.90 Å². The molecule has 0 bridgehead atoms. The van der Waals surface area contributed by atoms with Crippen LogP contribution in [0.15, 0.2) is 28.7 Å². The quantitative estimate of drug-likeness (QED) is 0.902. The molecule has 0 saturated heterocycles. The molecule has 0 radical (unpaired) electrons. The topological polar surface area (TPSA) is 32.7 Å². The highest BCUT2D eigenvalue weighted by molar-refractivity contribution is 9.10. The van der Waals surface area contributed by atoms with E-state index in [0.29, 0.717) is 12.6 Å². The average molecular weight is 328 g/mol. The van der Waals surface area contributed by atoms with Crippen molar-refractivity contribution in [2.45, 2.75) is 37.8 Å². The van der Waals surface area contributed by atoms with Gasteiger partial charge in [0, 0.05) is 17.1 Å². The smallest absolute Gasteiger partial charge is 0.119 e. The summed E-state index contributed by atoms with van der Waals surface area (Å²) in [6.45, 7) is 1.50. The molecular weight excluding hydrogens is 306 g/mol. The van der Waals surface area contributed by atoms with E-state index in [2.05, 4.69) is 27.9 Å². The normalized spacial score (nSPS) is 23.6. The summed E-state index contributed by atoms with van der Waals surface area (Å²) >= 11 is 3.40. The van der Waals surface area contributed by atoms with Crippen molar-refractivity contribution < 1.29 is 9.84 Å². The van der Waals surface area contributed by atoms with E-state index < -0.39 is 0 Å². The van der Waals surface area contributed by atoms with Crippen molar-refractivity contribution >= 4 is 15.9 Å². The highest BCUT2D eigenvalue weighted by atomic mass is 79.9. The van der Waals surface area contributed by atoms with Gasteiger partial charge in [-0.2, -0.15) is 0 Å². The second-order valence-electron chi connectivity index (χ2n) is 5.20. The fourth-order valence-corrected chi connectivity index (χ4v) is 2.87. The van der Waals surface area contributed by atoms with E-state index in [1.165, 1.54) is 6.42 Å². The summed E-state index contributed by atoms with van der Waals surface area (Å²) < 4.78 is 6.77. The predicted octanol–water partition coefficient (Wildman–Crippen LogP) is 3.06. The molecule has 19 heavy (non-hydrogen) atoms. The first-order valence-electron chi connectivity index (χ1n) is 6.93. The fraction of sp³-hybridized carbons (Fsp3) is 0.600. The molecule has 1 aliphatic carbocycles. The van der Waals surface area contributed by atoms with Crippen LogP contribution in [0.3, 0.4) is 0 Å². The average Bonchev–Trinajstić information content (AvgIpc) is 2.41. The van der Waals surface area contributed by atoms with E-state index in [1.54, 1.807) is 0 Å². The van der Waals surface area contributed by atoms with E-state index in [1.807, 2.05) is 24.3 Å². The SMILES string of the molecule is CN(CCOc1ccc(Br)cc1)C1CCCCC1O. The number of ether oxygens (including phenoxy) is 1. The molecule has 3 nitrogen and oxygen atoms in total. The molecule has 0 aliphatic heterocycles. The Kier molecular flexibility index (Phi) is 5.67. The zero-order chi connectivity index (χ0) is 13.7. The number of hydrogen-bond acceptors (Lipinski definition) is 3. The third-order valence-corrected chi connectivity index (χ3v) is 4.32. The lowest BCUT2D eigenvalue weighted by atomic mass is 9.92. The summed E-state index contributed by atoms with van der Waals surface area (Å²) in [5.41, 5.74) is 0. The Morgan fingerprint density at radius 2 is 1.95 bits per heavy atom. The Labute approximate surface area is 123 Å². The Morgan fingerprint density at radius 1 is 1.26 bits per heavy atom. The molecule has 0 amide bonds. The maximum absolute atomic E-state index is 10.00. The molecular formula is C15H22BrNO2. The maximum Gasteiger partial charge on any atom is 0.119 e. The standard InChI is InChI=1S/C15H22BrNO2/c1-17(14-4-2-3-5-15(14)18)10-11-19-13-8-6-12(16)7-9-13/h6-9,14-15,18H,2-5,10-11H2,1H3. The van der Waals surface area contributed by atoms with Crippen LogP contribution >= 0.6 is 15.9 Å². The Hall–Kier alpha value is -0.580. The first-order valence-corrected chi connectivity index (χ1v) is 7.73. The largest absolute Gasteiger partial charge is 0.492 e. The molecule has 2 rings (SSSR count). The molecule has 1 fully saturated rings. The van der Waals surface area contributed by atoms with Crippen molar-refractivity contribution in [3.05, 3.63) is 28.7 Å². The number of hydrogen-bond donors (Lipinski definition) is 1. The third-order valence-electron chi connectivity index (χ3n) is 3.79. The van der Waals surface area contributed by atoms with Gasteiger partial charge in [0.25, 0.3) is 0 Å². The minimum atomic E-state index is -0.175. The number of aliphatic hydroxyl groups is 1. The van der Waals surface area contributed by atoms with Gasteiger partial charge in [0.15, 0.2) is 0 Å². The van der Waals surface area contributed by atoms with Gasteiger partial charge < -0.3 is 9.84 Å². The first-order chi connectivity index (χ1) is 9.16. The number of aliphatic hydroxyl groups excluding tert-OH is 1. The van der Waals surface area contributed by atoms with Crippen molar-refractivity contribution in [3.8, 4) is 5.75 Å². The summed E-state index contributed by atoms with van der Waals surface area (Å²) in [5.74, 6) is 0.890. The van der Waals surface area contributed by atoms with Gasteiger partial charge in [-0.05, 0) is 44.2 Å². The van der Waals surface area contributed by atoms with Crippen molar-refractivity contribution in [1.82, 2.24) is 4.90 Å². The van der Waals surface area contributed by atoms with Crippen LogP contribution in [-0.2, 0) is 0 Å². The van der Waals surface area contributed by atoms with Gasteiger partial charge >= 0.3 is 0 Å². The van der Waals surface area contributed by atoms with Crippen LogP contribution in [-0.4, -0.2) is 42.4 Å². The molecule has 106 valence electrons. The third kappa shape index (κ3) is 4.48. The van der Waals surface area contributed by atoms with Crippen LogP contribution in [0, 0.1) is 0 Å². The zero-order valence-corrected chi connectivity index (χ0v) is 13.0. The Balaban J connectivity index is 1.74. The van der Waals surface area contributed by atoms with Gasteiger partial charge in [-0.25, -0.2) is 0 Å². The molecule has 2 unspecified atom stereocenters. The minimum Gasteiger partial charge on any atom is -0.492 e. The van der Waals surface area contributed by atoms with Gasteiger partial charge in [-0.1, -0.05) is 28.8 Å². The van der Waals surface area contributed by atoms with Crippen LogP contribution < -0.4 is 4.74 Å². The molecule has 0 aromatic heterocycles. The van der Waals surface area contributed by atoms with Crippen molar-refractivity contribution in [2.75, 3.05) is 20.2 Å². The number of nitrogens with zero attached hydrogens (tertiary/aromatic N) is 1. The summed E-state index contributed by atoms with van der Waals surface area (Å²) in [6, 6.07) is 8.16. The maximum atomic E-state index is 10.00. The van der Waals surface area contributed by atoms with Crippen molar-refractivity contribution in [1.29, 1.82) is 0 Å². The van der Waals surface area contributed by atoms with Crippen molar-refractivity contribution in [2.24, 2.45) is 0 Å². The highest BCUT2D eigenvalue weighted by Crippen LogP contribution is 2.22. The molecule has 0 heterocycles. The summed E-state index contributed by atoms with van der Waals surface area (Å²) in [4.78, 5) is 2.22. The zero-order valence-electron chi connectivity index (χ0n) is 11.4. The van der Waals surface area contributed by atoms with Gasteiger partial charge in [0.05, 0.1) is 6.10 Å². The van der Waals surface area contributed by atoms with Crippen LogP contribution in [0.1, 0.15) is 25.7 Å². The molecule has 1 aromatic rings. The van der Waals surface area contributed by atoms with Crippen LogP contribution in [0.5, 0.6) is 5.75 Å². The lowest BCUT2D eigenvalue weighted by Crippen LogP contribution is -2.44. The van der Waals surface area contributed by atoms with Gasteiger partial charge in [0.2, 0.25) is 0 Å².